The number of carbonyl (C=O) groups is 1. The van der Waals surface area contributed by atoms with Gasteiger partial charge in [0.2, 0.25) is 0 Å². The van der Waals surface area contributed by atoms with Crippen LogP contribution in [0, 0.1) is 0 Å². The minimum absolute atomic E-state index is 0.329. The van der Waals surface area contributed by atoms with E-state index < -0.39 is 5.60 Å². The molecule has 0 aliphatic rings. The van der Waals surface area contributed by atoms with Crippen LogP contribution in [0.2, 0.25) is 0 Å². The number of esters is 1. The standard InChI is InChI=1S/C26H26O3/c1-5-20-12-9-13-23(24(20)28-18-19-10-7-6-8-11-19)21-14-16-22(17-15-21)25(27)29-26(2,3)4/h5-17H,1,18H2,2-4H3. The van der Waals surface area contributed by atoms with Gasteiger partial charge in [0, 0.05) is 11.1 Å². The molecule has 0 amide bonds. The van der Waals surface area contributed by atoms with Crippen LogP contribution in [0.3, 0.4) is 0 Å². The Bertz CT molecular complexity index is 981. The van der Waals surface area contributed by atoms with Crippen molar-refractivity contribution in [1.82, 2.24) is 0 Å². The van der Waals surface area contributed by atoms with Crippen LogP contribution in [0.5, 0.6) is 5.75 Å². The van der Waals surface area contributed by atoms with Crippen molar-refractivity contribution >= 4 is 12.0 Å². The molecule has 0 radical (unpaired) electrons. The summed E-state index contributed by atoms with van der Waals surface area (Å²) in [7, 11) is 0. The van der Waals surface area contributed by atoms with Crippen LogP contribution >= 0.6 is 0 Å². The smallest absolute Gasteiger partial charge is 0.338 e. The normalized spacial score (nSPS) is 11.0. The fourth-order valence-electron chi connectivity index (χ4n) is 2.96. The number of para-hydroxylation sites is 1. The van der Waals surface area contributed by atoms with Gasteiger partial charge >= 0.3 is 5.97 Å². The first-order valence-corrected chi connectivity index (χ1v) is 9.63. The second-order valence-corrected chi connectivity index (χ2v) is 7.78. The Kier molecular flexibility index (Phi) is 6.18. The SMILES string of the molecule is C=Cc1cccc(-c2ccc(C(=O)OC(C)(C)C)cc2)c1OCc1ccccc1. The number of ether oxygens (including phenoxy) is 2. The van der Waals surface area contributed by atoms with Crippen LogP contribution in [0.15, 0.2) is 79.4 Å². The largest absolute Gasteiger partial charge is 0.488 e. The summed E-state index contributed by atoms with van der Waals surface area (Å²) in [5.74, 6) is 0.445. The van der Waals surface area contributed by atoms with Gasteiger partial charge in [0.1, 0.15) is 18.0 Å². The number of hydrogen-bond donors (Lipinski definition) is 0. The zero-order valence-electron chi connectivity index (χ0n) is 17.1. The molecule has 0 bridgehead atoms. The Balaban J connectivity index is 1.88. The summed E-state index contributed by atoms with van der Waals surface area (Å²) in [6.45, 7) is 9.95. The molecule has 0 spiro atoms. The summed E-state index contributed by atoms with van der Waals surface area (Å²) in [6, 6.07) is 23.4. The number of hydrogen-bond acceptors (Lipinski definition) is 3. The molecule has 3 rings (SSSR count). The molecule has 29 heavy (non-hydrogen) atoms. The van der Waals surface area contributed by atoms with E-state index in [1.807, 2.05) is 81.4 Å². The van der Waals surface area contributed by atoms with Gasteiger partial charge in [0.05, 0.1) is 5.56 Å². The van der Waals surface area contributed by atoms with Crippen LogP contribution in [0.4, 0.5) is 0 Å². The Morgan fingerprint density at radius 3 is 2.24 bits per heavy atom. The Morgan fingerprint density at radius 2 is 1.62 bits per heavy atom. The fraction of sp³-hybridized carbons (Fsp3) is 0.192. The van der Waals surface area contributed by atoms with Gasteiger partial charge in [0.15, 0.2) is 0 Å². The zero-order chi connectivity index (χ0) is 20.9. The Labute approximate surface area is 172 Å². The van der Waals surface area contributed by atoms with E-state index in [4.69, 9.17) is 9.47 Å². The summed E-state index contributed by atoms with van der Waals surface area (Å²) in [6.07, 6.45) is 1.79. The van der Waals surface area contributed by atoms with Gasteiger partial charge in [-0.1, -0.05) is 73.3 Å². The van der Waals surface area contributed by atoms with Crippen molar-refractivity contribution in [3.63, 3.8) is 0 Å². The van der Waals surface area contributed by atoms with Crippen molar-refractivity contribution in [2.45, 2.75) is 33.0 Å². The highest BCUT2D eigenvalue weighted by atomic mass is 16.6. The van der Waals surface area contributed by atoms with Gasteiger partial charge in [-0.15, -0.1) is 0 Å². The summed E-state index contributed by atoms with van der Waals surface area (Å²) in [4.78, 5) is 12.3. The van der Waals surface area contributed by atoms with Gasteiger partial charge in [-0.2, -0.15) is 0 Å². The molecule has 0 fully saturated rings. The maximum Gasteiger partial charge on any atom is 0.338 e. The van der Waals surface area contributed by atoms with Crippen LogP contribution in [0.25, 0.3) is 17.2 Å². The lowest BCUT2D eigenvalue weighted by Gasteiger charge is -2.19. The number of rotatable bonds is 6. The van der Waals surface area contributed by atoms with E-state index in [0.29, 0.717) is 12.2 Å². The molecule has 148 valence electrons. The average molecular weight is 386 g/mol. The molecule has 3 aromatic carbocycles. The first-order chi connectivity index (χ1) is 13.9. The third-order valence-corrected chi connectivity index (χ3v) is 4.32. The highest BCUT2D eigenvalue weighted by Crippen LogP contribution is 2.35. The van der Waals surface area contributed by atoms with E-state index in [1.54, 1.807) is 18.2 Å². The van der Waals surface area contributed by atoms with E-state index in [2.05, 4.69) is 6.58 Å². The molecule has 0 N–H and O–H groups in total. The van der Waals surface area contributed by atoms with Crippen molar-refractivity contribution < 1.29 is 14.3 Å². The summed E-state index contributed by atoms with van der Waals surface area (Å²) in [5, 5.41) is 0. The van der Waals surface area contributed by atoms with Gasteiger partial charge in [-0.25, -0.2) is 4.79 Å². The van der Waals surface area contributed by atoms with Gasteiger partial charge < -0.3 is 9.47 Å². The van der Waals surface area contributed by atoms with E-state index in [0.717, 1.165) is 28.0 Å². The van der Waals surface area contributed by atoms with Crippen LogP contribution in [-0.4, -0.2) is 11.6 Å². The summed E-state index contributed by atoms with van der Waals surface area (Å²) >= 11 is 0. The minimum atomic E-state index is -0.521. The minimum Gasteiger partial charge on any atom is -0.488 e. The van der Waals surface area contributed by atoms with Gasteiger partial charge in [0.25, 0.3) is 0 Å². The molecule has 3 aromatic rings. The third-order valence-electron chi connectivity index (χ3n) is 4.32. The predicted octanol–water partition coefficient (Wildman–Crippen LogP) is 6.53. The molecule has 0 heterocycles. The van der Waals surface area contributed by atoms with E-state index in [-0.39, 0.29) is 5.97 Å². The fourth-order valence-corrected chi connectivity index (χ4v) is 2.96. The zero-order valence-corrected chi connectivity index (χ0v) is 17.1. The Morgan fingerprint density at radius 1 is 0.931 bits per heavy atom. The molecule has 0 unspecified atom stereocenters. The lowest BCUT2D eigenvalue weighted by molar-refractivity contribution is 0.00695. The predicted molar refractivity (Wildman–Crippen MR) is 118 cm³/mol. The first kappa shape index (κ1) is 20.4. The molecule has 0 atom stereocenters. The van der Waals surface area contributed by atoms with Crippen molar-refractivity contribution in [2.75, 3.05) is 0 Å². The van der Waals surface area contributed by atoms with E-state index in [1.165, 1.54) is 0 Å². The quantitative estimate of drug-likeness (QED) is 0.452. The number of carbonyl (C=O) groups excluding carboxylic acids is 1. The monoisotopic (exact) mass is 386 g/mol. The molecule has 3 heteroatoms. The van der Waals surface area contributed by atoms with Crippen molar-refractivity contribution in [3.05, 3.63) is 96.1 Å². The summed E-state index contributed by atoms with van der Waals surface area (Å²) < 4.78 is 11.6. The third kappa shape index (κ3) is 5.35. The Hall–Kier alpha value is -3.33. The van der Waals surface area contributed by atoms with Crippen LogP contribution in [-0.2, 0) is 11.3 Å². The number of benzene rings is 3. The highest BCUT2D eigenvalue weighted by Gasteiger charge is 2.18. The average Bonchev–Trinajstić information content (AvgIpc) is 2.71. The molecular weight excluding hydrogens is 360 g/mol. The van der Waals surface area contributed by atoms with Crippen molar-refractivity contribution in [2.24, 2.45) is 0 Å². The van der Waals surface area contributed by atoms with Gasteiger partial charge in [-0.3, -0.25) is 0 Å². The molecule has 3 nitrogen and oxygen atoms in total. The maximum absolute atomic E-state index is 12.3. The highest BCUT2D eigenvalue weighted by molar-refractivity contribution is 5.90. The van der Waals surface area contributed by atoms with Crippen LogP contribution < -0.4 is 4.74 Å². The lowest BCUT2D eigenvalue weighted by Crippen LogP contribution is -2.23. The molecule has 0 aromatic heterocycles. The molecule has 0 aliphatic carbocycles. The van der Waals surface area contributed by atoms with Gasteiger partial charge in [-0.05, 0) is 44.0 Å². The maximum atomic E-state index is 12.3. The second-order valence-electron chi connectivity index (χ2n) is 7.78. The van der Waals surface area contributed by atoms with E-state index in [9.17, 15) is 4.79 Å². The molecular formula is C26H26O3. The van der Waals surface area contributed by atoms with Crippen molar-refractivity contribution in [1.29, 1.82) is 0 Å². The molecule has 0 saturated heterocycles. The van der Waals surface area contributed by atoms with Crippen LogP contribution in [0.1, 0.15) is 42.3 Å². The molecule has 0 aliphatic heterocycles. The first-order valence-electron chi connectivity index (χ1n) is 9.63. The molecule has 0 saturated carbocycles. The van der Waals surface area contributed by atoms with E-state index >= 15 is 0 Å². The lowest BCUT2D eigenvalue weighted by atomic mass is 10.00. The second kappa shape index (κ2) is 8.78. The van der Waals surface area contributed by atoms with Crippen molar-refractivity contribution in [3.8, 4) is 16.9 Å². The summed E-state index contributed by atoms with van der Waals surface area (Å²) in [5.41, 5.74) is 3.94. The topological polar surface area (TPSA) is 35.5 Å².